The molecule has 0 N–H and O–H groups in total. The minimum atomic E-state index is -1.12. The molecule has 0 amide bonds. The molecule has 0 aliphatic rings. The van der Waals surface area contributed by atoms with Gasteiger partial charge in [-0.1, -0.05) is 33.1 Å². The van der Waals surface area contributed by atoms with E-state index in [0.717, 1.165) is 12.8 Å². The second kappa shape index (κ2) is 9.92. The van der Waals surface area contributed by atoms with Gasteiger partial charge in [-0.2, -0.15) is 0 Å². The molecule has 0 saturated carbocycles. The summed E-state index contributed by atoms with van der Waals surface area (Å²) in [6, 6.07) is 0. The minimum absolute atomic E-state index is 0.0194. The third-order valence-electron chi connectivity index (χ3n) is 3.61. The molecule has 0 radical (unpaired) electrons. The van der Waals surface area contributed by atoms with E-state index in [9.17, 15) is 9.59 Å². The van der Waals surface area contributed by atoms with Crippen molar-refractivity contribution in [2.24, 2.45) is 11.3 Å². The zero-order chi connectivity index (χ0) is 15.6. The van der Waals surface area contributed by atoms with Gasteiger partial charge in [-0.25, -0.2) is 0 Å². The number of carbonyl (C=O) groups is 2. The van der Waals surface area contributed by atoms with E-state index in [1.54, 1.807) is 20.8 Å². The molecular formula is C16H30O4. The van der Waals surface area contributed by atoms with E-state index in [4.69, 9.17) is 9.47 Å². The van der Waals surface area contributed by atoms with Gasteiger partial charge in [0.05, 0.1) is 6.61 Å². The number of ketones is 1. The molecule has 1 unspecified atom stereocenters. The molecule has 1 atom stereocenters. The van der Waals surface area contributed by atoms with E-state index < -0.39 is 11.4 Å². The molecule has 0 aromatic carbocycles. The van der Waals surface area contributed by atoms with Crippen LogP contribution < -0.4 is 0 Å². The Kier molecular flexibility index (Phi) is 9.47. The monoisotopic (exact) mass is 286 g/mol. The SMILES string of the molecule is CCCCC(CC)COCC(=O)C(C)(C)C(=O)OCC. The predicted octanol–water partition coefficient (Wildman–Crippen LogP) is 3.38. The highest BCUT2D eigenvalue weighted by atomic mass is 16.5. The number of esters is 1. The van der Waals surface area contributed by atoms with Crippen LogP contribution in [0.4, 0.5) is 0 Å². The summed E-state index contributed by atoms with van der Waals surface area (Å²) in [6.07, 6.45) is 4.54. The summed E-state index contributed by atoms with van der Waals surface area (Å²) in [6.45, 7) is 10.1. The lowest BCUT2D eigenvalue weighted by atomic mass is 9.88. The first kappa shape index (κ1) is 19.1. The van der Waals surface area contributed by atoms with Crippen LogP contribution in [0.25, 0.3) is 0 Å². The second-order valence-electron chi connectivity index (χ2n) is 5.70. The first-order valence-corrected chi connectivity index (χ1v) is 7.68. The molecular weight excluding hydrogens is 256 g/mol. The molecule has 20 heavy (non-hydrogen) atoms. The summed E-state index contributed by atoms with van der Waals surface area (Å²) in [7, 11) is 0. The molecule has 0 fully saturated rings. The fraction of sp³-hybridized carbons (Fsp3) is 0.875. The number of carbonyl (C=O) groups excluding carboxylic acids is 2. The van der Waals surface area contributed by atoms with E-state index in [1.165, 1.54) is 12.8 Å². The number of unbranched alkanes of at least 4 members (excludes halogenated alkanes) is 1. The maximum absolute atomic E-state index is 12.0. The number of hydrogen-bond acceptors (Lipinski definition) is 4. The van der Waals surface area contributed by atoms with Gasteiger partial charge in [-0.05, 0) is 33.1 Å². The summed E-state index contributed by atoms with van der Waals surface area (Å²) in [4.78, 5) is 23.7. The molecule has 0 aromatic heterocycles. The van der Waals surface area contributed by atoms with E-state index in [0.29, 0.717) is 12.5 Å². The lowest BCUT2D eigenvalue weighted by Crippen LogP contribution is -2.37. The fourth-order valence-corrected chi connectivity index (χ4v) is 1.82. The summed E-state index contributed by atoms with van der Waals surface area (Å²) in [5.74, 6) is -0.207. The molecule has 118 valence electrons. The molecule has 0 rings (SSSR count). The van der Waals surface area contributed by atoms with Crippen molar-refractivity contribution < 1.29 is 19.1 Å². The van der Waals surface area contributed by atoms with Gasteiger partial charge in [-0.15, -0.1) is 0 Å². The Labute approximate surface area is 123 Å². The van der Waals surface area contributed by atoms with Crippen LogP contribution >= 0.6 is 0 Å². The Hall–Kier alpha value is -0.900. The van der Waals surface area contributed by atoms with E-state index in [1.807, 2.05) is 0 Å². The number of rotatable bonds is 11. The molecule has 4 nitrogen and oxygen atoms in total. The summed E-state index contributed by atoms with van der Waals surface area (Å²) in [5, 5.41) is 0. The van der Waals surface area contributed by atoms with Crippen LogP contribution in [0, 0.1) is 11.3 Å². The van der Waals surface area contributed by atoms with Crippen molar-refractivity contribution in [2.75, 3.05) is 19.8 Å². The standard InChI is InChI=1S/C16H30O4/c1-6-9-10-13(7-2)11-19-12-14(17)16(4,5)15(18)20-8-3/h13H,6-12H2,1-5H3. The van der Waals surface area contributed by atoms with Gasteiger partial charge in [0, 0.05) is 6.61 Å². The number of Topliss-reactive ketones (excluding diaryl/α,β-unsaturated/α-hetero) is 1. The zero-order valence-electron chi connectivity index (χ0n) is 13.7. The highest BCUT2D eigenvalue weighted by Gasteiger charge is 2.37. The topological polar surface area (TPSA) is 52.6 Å². The van der Waals surface area contributed by atoms with Gasteiger partial charge in [-0.3, -0.25) is 9.59 Å². The van der Waals surface area contributed by atoms with Crippen molar-refractivity contribution in [1.29, 1.82) is 0 Å². The number of hydrogen-bond donors (Lipinski definition) is 0. The van der Waals surface area contributed by atoms with Crippen LogP contribution in [0.3, 0.4) is 0 Å². The lowest BCUT2D eigenvalue weighted by molar-refractivity contribution is -0.159. The highest BCUT2D eigenvalue weighted by Crippen LogP contribution is 2.20. The molecule has 0 aliphatic carbocycles. The first-order chi connectivity index (χ1) is 9.39. The zero-order valence-corrected chi connectivity index (χ0v) is 13.7. The van der Waals surface area contributed by atoms with Crippen molar-refractivity contribution in [3.63, 3.8) is 0 Å². The van der Waals surface area contributed by atoms with Crippen molar-refractivity contribution in [3.05, 3.63) is 0 Å². The molecule has 0 aromatic rings. The van der Waals surface area contributed by atoms with Crippen LogP contribution in [0.1, 0.15) is 60.3 Å². The average Bonchev–Trinajstić information content (AvgIpc) is 2.42. The lowest BCUT2D eigenvalue weighted by Gasteiger charge is -2.21. The van der Waals surface area contributed by atoms with Crippen LogP contribution in [0.15, 0.2) is 0 Å². The largest absolute Gasteiger partial charge is 0.465 e. The highest BCUT2D eigenvalue weighted by molar-refractivity contribution is 6.03. The maximum Gasteiger partial charge on any atom is 0.319 e. The third kappa shape index (κ3) is 6.51. The smallest absolute Gasteiger partial charge is 0.319 e. The van der Waals surface area contributed by atoms with E-state index in [-0.39, 0.29) is 19.0 Å². The molecule has 0 heterocycles. The summed E-state index contributed by atoms with van der Waals surface area (Å²) in [5.41, 5.74) is -1.12. The predicted molar refractivity (Wildman–Crippen MR) is 79.5 cm³/mol. The van der Waals surface area contributed by atoms with Gasteiger partial charge in [0.2, 0.25) is 0 Å². The molecule has 0 saturated heterocycles. The Bertz CT molecular complexity index is 297. The average molecular weight is 286 g/mol. The fourth-order valence-electron chi connectivity index (χ4n) is 1.82. The van der Waals surface area contributed by atoms with Gasteiger partial charge in [0.15, 0.2) is 5.78 Å². The van der Waals surface area contributed by atoms with Gasteiger partial charge < -0.3 is 9.47 Å². The van der Waals surface area contributed by atoms with Crippen LogP contribution in [-0.4, -0.2) is 31.6 Å². The first-order valence-electron chi connectivity index (χ1n) is 7.68. The number of ether oxygens (including phenoxy) is 2. The molecule has 0 aliphatic heterocycles. The minimum Gasteiger partial charge on any atom is -0.465 e. The molecule has 4 heteroatoms. The Morgan fingerprint density at radius 3 is 2.30 bits per heavy atom. The quantitative estimate of drug-likeness (QED) is 0.431. The Morgan fingerprint density at radius 1 is 1.15 bits per heavy atom. The Morgan fingerprint density at radius 2 is 1.80 bits per heavy atom. The van der Waals surface area contributed by atoms with E-state index in [2.05, 4.69) is 13.8 Å². The van der Waals surface area contributed by atoms with E-state index >= 15 is 0 Å². The van der Waals surface area contributed by atoms with Crippen molar-refractivity contribution in [2.45, 2.75) is 60.3 Å². The maximum atomic E-state index is 12.0. The summed E-state index contributed by atoms with van der Waals surface area (Å²) < 4.78 is 10.4. The normalized spacial score (nSPS) is 13.1. The van der Waals surface area contributed by atoms with Crippen molar-refractivity contribution in [1.82, 2.24) is 0 Å². The molecule has 0 bridgehead atoms. The second-order valence-corrected chi connectivity index (χ2v) is 5.70. The van der Waals surface area contributed by atoms with Crippen molar-refractivity contribution >= 4 is 11.8 Å². The van der Waals surface area contributed by atoms with Crippen molar-refractivity contribution in [3.8, 4) is 0 Å². The van der Waals surface area contributed by atoms with Crippen LogP contribution in [0.5, 0.6) is 0 Å². The Balaban J connectivity index is 4.17. The summed E-state index contributed by atoms with van der Waals surface area (Å²) >= 11 is 0. The van der Waals surface area contributed by atoms with Gasteiger partial charge in [0.1, 0.15) is 12.0 Å². The molecule has 0 spiro atoms. The van der Waals surface area contributed by atoms with Gasteiger partial charge >= 0.3 is 5.97 Å². The third-order valence-corrected chi connectivity index (χ3v) is 3.61. The van der Waals surface area contributed by atoms with Gasteiger partial charge in [0.25, 0.3) is 0 Å². The van der Waals surface area contributed by atoms with Crippen LogP contribution in [-0.2, 0) is 19.1 Å². The van der Waals surface area contributed by atoms with Crippen LogP contribution in [0.2, 0.25) is 0 Å².